The van der Waals surface area contributed by atoms with Crippen molar-refractivity contribution in [3.05, 3.63) is 41.0 Å². The van der Waals surface area contributed by atoms with Crippen molar-refractivity contribution in [2.24, 2.45) is 12.0 Å². The quantitative estimate of drug-likeness (QED) is 0.625. The number of morpholine rings is 1. The summed E-state index contributed by atoms with van der Waals surface area (Å²) in [6.45, 7) is 9.60. The lowest BCUT2D eigenvalue weighted by molar-refractivity contribution is -0.00805. The van der Waals surface area contributed by atoms with E-state index in [9.17, 15) is 0 Å². The Labute approximate surface area is 166 Å². The first-order chi connectivity index (χ1) is 13.5. The van der Waals surface area contributed by atoms with Crippen LogP contribution < -0.4 is 10.1 Å². The van der Waals surface area contributed by atoms with E-state index in [0.29, 0.717) is 13.2 Å². The van der Waals surface area contributed by atoms with Crippen molar-refractivity contribution in [3.8, 4) is 5.75 Å². The zero-order valence-corrected chi connectivity index (χ0v) is 17.4. The Morgan fingerprint density at radius 3 is 2.89 bits per heavy atom. The zero-order chi connectivity index (χ0) is 20.1. The van der Waals surface area contributed by atoms with Gasteiger partial charge >= 0.3 is 0 Å². The summed E-state index contributed by atoms with van der Waals surface area (Å²) in [6, 6.07) is 0. The van der Waals surface area contributed by atoms with Crippen LogP contribution in [0.25, 0.3) is 0 Å². The molecule has 0 amide bonds. The monoisotopic (exact) mass is 386 g/mol. The Bertz CT molecular complexity index is 832. The van der Waals surface area contributed by atoms with Crippen molar-refractivity contribution in [3.63, 3.8) is 0 Å². The molecule has 1 aliphatic rings. The van der Waals surface area contributed by atoms with Gasteiger partial charge in [-0.1, -0.05) is 0 Å². The molecular formula is C20H30N6O2. The maximum atomic E-state index is 5.95. The Morgan fingerprint density at radius 1 is 1.39 bits per heavy atom. The molecule has 0 aliphatic carbocycles. The number of aromatic nitrogens is 3. The highest BCUT2D eigenvalue weighted by molar-refractivity contribution is 5.80. The summed E-state index contributed by atoms with van der Waals surface area (Å²) in [7, 11) is 3.61. The molecule has 0 bridgehead atoms. The molecule has 0 aromatic carbocycles. The number of methoxy groups -OCH3 is 1. The molecule has 0 spiro atoms. The number of hydrogen-bond acceptors (Lipinski definition) is 5. The summed E-state index contributed by atoms with van der Waals surface area (Å²) in [5.74, 6) is 1.76. The van der Waals surface area contributed by atoms with Gasteiger partial charge in [-0.15, -0.1) is 0 Å². The van der Waals surface area contributed by atoms with E-state index in [0.717, 1.165) is 53.7 Å². The number of nitrogens with one attached hydrogen (secondary N) is 1. The number of hydrogen-bond donors (Lipinski definition) is 1. The van der Waals surface area contributed by atoms with Crippen LogP contribution in [0.4, 0.5) is 0 Å². The molecule has 3 rings (SSSR count). The van der Waals surface area contributed by atoms with E-state index in [4.69, 9.17) is 14.5 Å². The molecule has 1 unspecified atom stereocenters. The molecule has 1 fully saturated rings. The van der Waals surface area contributed by atoms with Crippen molar-refractivity contribution in [2.75, 3.05) is 33.4 Å². The van der Waals surface area contributed by atoms with Gasteiger partial charge in [0, 0.05) is 49.2 Å². The van der Waals surface area contributed by atoms with Gasteiger partial charge in [0.05, 0.1) is 38.7 Å². The van der Waals surface area contributed by atoms with E-state index in [1.54, 1.807) is 11.8 Å². The van der Waals surface area contributed by atoms with Gasteiger partial charge in [-0.2, -0.15) is 5.10 Å². The Kier molecular flexibility index (Phi) is 6.51. The Morgan fingerprint density at radius 2 is 2.21 bits per heavy atom. The molecule has 1 atom stereocenters. The van der Waals surface area contributed by atoms with Crippen LogP contribution in [-0.4, -0.2) is 59.0 Å². The van der Waals surface area contributed by atoms with Crippen molar-refractivity contribution in [1.82, 2.24) is 25.0 Å². The van der Waals surface area contributed by atoms with Gasteiger partial charge in [0.15, 0.2) is 5.96 Å². The molecule has 8 nitrogen and oxygen atoms in total. The molecule has 3 heterocycles. The predicted molar refractivity (Wildman–Crippen MR) is 109 cm³/mol. The van der Waals surface area contributed by atoms with E-state index in [-0.39, 0.29) is 6.10 Å². The summed E-state index contributed by atoms with van der Waals surface area (Å²) in [4.78, 5) is 11.6. The summed E-state index contributed by atoms with van der Waals surface area (Å²) in [6.07, 6.45) is 5.70. The van der Waals surface area contributed by atoms with Gasteiger partial charge in [-0.25, -0.2) is 4.99 Å². The fourth-order valence-corrected chi connectivity index (χ4v) is 3.46. The third-order valence-corrected chi connectivity index (χ3v) is 4.93. The third kappa shape index (κ3) is 4.44. The normalized spacial score (nSPS) is 17.7. The van der Waals surface area contributed by atoms with Gasteiger partial charge in [0.25, 0.3) is 0 Å². The Hall–Kier alpha value is -2.61. The maximum Gasteiger partial charge on any atom is 0.194 e. The summed E-state index contributed by atoms with van der Waals surface area (Å²) in [5.41, 5.74) is 4.09. The van der Waals surface area contributed by atoms with Crippen molar-refractivity contribution >= 4 is 5.96 Å². The van der Waals surface area contributed by atoms with E-state index in [1.807, 2.05) is 39.5 Å². The number of rotatable bonds is 5. The number of guanidine groups is 1. The topological polar surface area (TPSA) is 76.8 Å². The van der Waals surface area contributed by atoms with Crippen molar-refractivity contribution < 1.29 is 9.47 Å². The first kappa shape index (κ1) is 20.1. The number of ether oxygens (including phenoxy) is 2. The highest BCUT2D eigenvalue weighted by Crippen LogP contribution is 2.25. The molecule has 2 aromatic rings. The third-order valence-electron chi connectivity index (χ3n) is 4.93. The molecule has 2 aromatic heterocycles. The van der Waals surface area contributed by atoms with Crippen LogP contribution in [0.3, 0.4) is 0 Å². The molecule has 28 heavy (non-hydrogen) atoms. The Balaban J connectivity index is 1.77. The predicted octanol–water partition coefficient (Wildman–Crippen LogP) is 1.98. The average molecular weight is 387 g/mol. The second kappa shape index (κ2) is 9.05. The second-order valence-corrected chi connectivity index (χ2v) is 6.97. The highest BCUT2D eigenvalue weighted by Gasteiger charge is 2.25. The summed E-state index contributed by atoms with van der Waals surface area (Å²) >= 11 is 0. The minimum Gasteiger partial charge on any atom is -0.496 e. The molecular weight excluding hydrogens is 356 g/mol. The van der Waals surface area contributed by atoms with Crippen LogP contribution in [0.1, 0.15) is 35.4 Å². The highest BCUT2D eigenvalue weighted by atomic mass is 16.5. The lowest BCUT2D eigenvalue weighted by atomic mass is 10.1. The van der Waals surface area contributed by atoms with E-state index >= 15 is 0 Å². The zero-order valence-electron chi connectivity index (χ0n) is 17.4. The van der Waals surface area contributed by atoms with Crippen LogP contribution in [-0.2, 0) is 18.3 Å². The lowest BCUT2D eigenvalue weighted by Crippen LogP contribution is -2.48. The molecule has 152 valence electrons. The van der Waals surface area contributed by atoms with Gasteiger partial charge < -0.3 is 19.7 Å². The van der Waals surface area contributed by atoms with Gasteiger partial charge in [0.2, 0.25) is 0 Å². The first-order valence-electron chi connectivity index (χ1n) is 9.66. The fourth-order valence-electron chi connectivity index (χ4n) is 3.46. The molecule has 1 saturated heterocycles. The molecule has 1 aliphatic heterocycles. The van der Waals surface area contributed by atoms with E-state index in [1.165, 1.54) is 0 Å². The minimum atomic E-state index is -0.00867. The van der Waals surface area contributed by atoms with Crippen molar-refractivity contribution in [2.45, 2.75) is 33.4 Å². The standard InChI is InChI=1S/C20H30N6O2/c1-6-21-20(23-11-17-15(3)19(27-5)14(2)9-22-17)26-7-8-28-18(13-26)16-10-24-25(4)12-16/h9-10,12,18H,6-8,11,13H2,1-5H3,(H,21,23). The van der Waals surface area contributed by atoms with Gasteiger partial charge in [-0.05, 0) is 20.8 Å². The van der Waals surface area contributed by atoms with Gasteiger partial charge in [0.1, 0.15) is 11.9 Å². The number of aryl methyl sites for hydroxylation is 2. The molecule has 8 heteroatoms. The summed E-state index contributed by atoms with van der Waals surface area (Å²) in [5, 5.41) is 7.66. The fraction of sp³-hybridized carbons (Fsp3) is 0.550. The molecule has 1 N–H and O–H groups in total. The number of nitrogens with zero attached hydrogens (tertiary/aromatic N) is 5. The van der Waals surface area contributed by atoms with Crippen LogP contribution in [0.5, 0.6) is 5.75 Å². The largest absolute Gasteiger partial charge is 0.496 e. The number of pyridine rings is 1. The van der Waals surface area contributed by atoms with Gasteiger partial charge in [-0.3, -0.25) is 9.67 Å². The minimum absolute atomic E-state index is 0.00867. The summed E-state index contributed by atoms with van der Waals surface area (Å²) < 4.78 is 13.3. The second-order valence-electron chi connectivity index (χ2n) is 6.97. The van der Waals surface area contributed by atoms with Crippen LogP contribution in [0, 0.1) is 13.8 Å². The van der Waals surface area contributed by atoms with Crippen LogP contribution >= 0.6 is 0 Å². The van der Waals surface area contributed by atoms with E-state index < -0.39 is 0 Å². The van der Waals surface area contributed by atoms with E-state index in [2.05, 4.69) is 27.2 Å². The average Bonchev–Trinajstić information content (AvgIpc) is 3.13. The molecule has 0 saturated carbocycles. The maximum absolute atomic E-state index is 5.95. The first-order valence-corrected chi connectivity index (χ1v) is 9.66. The smallest absolute Gasteiger partial charge is 0.194 e. The lowest BCUT2D eigenvalue weighted by Gasteiger charge is -2.34. The molecule has 0 radical (unpaired) electrons. The van der Waals surface area contributed by atoms with Crippen LogP contribution in [0.15, 0.2) is 23.6 Å². The number of aliphatic imine (C=N–C) groups is 1. The SMILES string of the molecule is CCNC(=NCc1ncc(C)c(OC)c1C)N1CCOC(c2cnn(C)c2)C1. The van der Waals surface area contributed by atoms with Crippen LogP contribution in [0.2, 0.25) is 0 Å². The van der Waals surface area contributed by atoms with Crippen molar-refractivity contribution in [1.29, 1.82) is 0 Å².